The smallest absolute Gasteiger partial charge is 0.244 e. The Balaban J connectivity index is 0.000000182. The van der Waals surface area contributed by atoms with Gasteiger partial charge in [-0.05, 0) is 30.7 Å². The van der Waals surface area contributed by atoms with E-state index in [1.165, 1.54) is 16.6 Å². The average Bonchev–Trinajstić information content (AvgIpc) is 3.15. The van der Waals surface area contributed by atoms with Gasteiger partial charge in [0.1, 0.15) is 0 Å². The molecule has 4 rings (SSSR count). The lowest BCUT2D eigenvalue weighted by Crippen LogP contribution is -3.00. The molecule has 4 nitrogen and oxygen atoms in total. The Labute approximate surface area is 163 Å². The lowest BCUT2D eigenvalue weighted by molar-refractivity contribution is -0.672. The number of hydrogen-bond acceptors (Lipinski definition) is 1. The summed E-state index contributed by atoms with van der Waals surface area (Å²) in [6, 6.07) is 16.5. The van der Waals surface area contributed by atoms with Crippen LogP contribution in [0.15, 0.2) is 61.2 Å². The molecular weight excluding hydrogens is 400 g/mol. The summed E-state index contributed by atoms with van der Waals surface area (Å²) in [6.07, 6.45) is 4.96. The van der Waals surface area contributed by atoms with Crippen molar-refractivity contribution in [3.8, 4) is 0 Å². The minimum absolute atomic E-state index is 0. The number of imidazole rings is 2. The Hall–Kier alpha value is -1.85. The van der Waals surface area contributed by atoms with Crippen LogP contribution in [-0.4, -0.2) is 20.0 Å². The highest BCUT2D eigenvalue weighted by Crippen LogP contribution is 2.09. The van der Waals surface area contributed by atoms with Gasteiger partial charge >= 0.3 is 0 Å². The van der Waals surface area contributed by atoms with E-state index in [1.54, 1.807) is 0 Å². The van der Waals surface area contributed by atoms with E-state index in [9.17, 15) is 0 Å². The maximum Gasteiger partial charge on any atom is 0.244 e. The highest BCUT2D eigenvalue weighted by atomic mass is 79.9. The van der Waals surface area contributed by atoms with Crippen LogP contribution in [0, 0.1) is 0 Å². The van der Waals surface area contributed by atoms with Crippen LogP contribution in [0.3, 0.4) is 0 Å². The monoisotopic (exact) mass is 420 g/mol. The summed E-state index contributed by atoms with van der Waals surface area (Å²) < 4.78 is 6.40. The van der Waals surface area contributed by atoms with Gasteiger partial charge in [0, 0.05) is 12.9 Å². The maximum absolute atomic E-state index is 5.69. The fourth-order valence-electron chi connectivity index (χ4n) is 2.83. The second kappa shape index (κ2) is 9.02. The number of para-hydroxylation sites is 4. The van der Waals surface area contributed by atoms with E-state index in [2.05, 4.69) is 57.8 Å². The Morgan fingerprint density at radius 1 is 0.960 bits per heavy atom. The molecule has 0 radical (unpaired) electrons. The van der Waals surface area contributed by atoms with Crippen LogP contribution in [0.4, 0.5) is 0 Å². The number of aromatic nitrogens is 4. The Kier molecular flexibility index (Phi) is 7.02. The van der Waals surface area contributed by atoms with Crippen molar-refractivity contribution < 1.29 is 21.5 Å². The fraction of sp³-hybridized carbons (Fsp3) is 0.263. The molecule has 0 unspecified atom stereocenters. The third-order valence-corrected chi connectivity index (χ3v) is 4.32. The highest BCUT2D eigenvalue weighted by molar-refractivity contribution is 6.17. The van der Waals surface area contributed by atoms with Crippen LogP contribution < -0.4 is 21.5 Å². The van der Waals surface area contributed by atoms with E-state index >= 15 is 0 Å². The molecule has 2 aromatic carbocycles. The van der Waals surface area contributed by atoms with E-state index in [-0.39, 0.29) is 17.0 Å². The molecule has 0 aliphatic rings. The molecule has 2 aromatic heterocycles. The van der Waals surface area contributed by atoms with Gasteiger partial charge in [0.25, 0.3) is 0 Å². The van der Waals surface area contributed by atoms with Crippen molar-refractivity contribution in [2.24, 2.45) is 14.1 Å². The summed E-state index contributed by atoms with van der Waals surface area (Å²) in [6.45, 7) is 0.991. The predicted molar refractivity (Wildman–Crippen MR) is 99.2 cm³/mol. The molecule has 0 saturated heterocycles. The third-order valence-electron chi connectivity index (χ3n) is 4.05. The number of benzene rings is 2. The van der Waals surface area contributed by atoms with Crippen molar-refractivity contribution in [1.29, 1.82) is 0 Å². The summed E-state index contributed by atoms with van der Waals surface area (Å²) in [5.74, 6) is 0.718. The number of rotatable bonds is 3. The lowest BCUT2D eigenvalue weighted by atomic mass is 10.3. The van der Waals surface area contributed by atoms with Crippen LogP contribution in [0.5, 0.6) is 0 Å². The maximum atomic E-state index is 5.69. The van der Waals surface area contributed by atoms with Gasteiger partial charge in [0.15, 0.2) is 11.0 Å². The molecule has 25 heavy (non-hydrogen) atoms. The molecule has 0 aliphatic carbocycles. The van der Waals surface area contributed by atoms with E-state index in [0.29, 0.717) is 0 Å². The molecule has 0 saturated carbocycles. The van der Waals surface area contributed by atoms with E-state index in [4.69, 9.17) is 11.6 Å². The summed E-state index contributed by atoms with van der Waals surface area (Å²) in [4.78, 5) is 4.18. The molecule has 0 atom stereocenters. The first-order valence-corrected chi connectivity index (χ1v) is 8.59. The van der Waals surface area contributed by atoms with E-state index in [0.717, 1.165) is 24.4 Å². The quantitative estimate of drug-likeness (QED) is 0.353. The van der Waals surface area contributed by atoms with Gasteiger partial charge in [-0.1, -0.05) is 24.3 Å². The molecule has 4 aromatic rings. The van der Waals surface area contributed by atoms with Crippen molar-refractivity contribution in [1.82, 2.24) is 14.1 Å². The van der Waals surface area contributed by atoms with Crippen LogP contribution in [0.2, 0.25) is 0 Å². The van der Waals surface area contributed by atoms with Crippen LogP contribution in [-0.2, 0) is 20.6 Å². The zero-order valence-electron chi connectivity index (χ0n) is 14.4. The Bertz CT molecular complexity index is 945. The molecule has 0 spiro atoms. The number of alkyl halides is 1. The van der Waals surface area contributed by atoms with Crippen molar-refractivity contribution in [3.63, 3.8) is 0 Å². The van der Waals surface area contributed by atoms with Gasteiger partial charge in [-0.25, -0.2) is 14.1 Å². The Morgan fingerprint density at radius 2 is 1.64 bits per heavy atom. The van der Waals surface area contributed by atoms with Gasteiger partial charge in [0.2, 0.25) is 6.33 Å². The Morgan fingerprint density at radius 3 is 2.36 bits per heavy atom. The third kappa shape index (κ3) is 4.41. The highest BCUT2D eigenvalue weighted by Gasteiger charge is 2.10. The van der Waals surface area contributed by atoms with Gasteiger partial charge in [0.05, 0.1) is 31.0 Å². The van der Waals surface area contributed by atoms with Crippen LogP contribution in [0.25, 0.3) is 22.1 Å². The average molecular weight is 422 g/mol. The first-order valence-electron chi connectivity index (χ1n) is 8.06. The van der Waals surface area contributed by atoms with Gasteiger partial charge in [-0.15, -0.1) is 11.6 Å². The number of halogens is 2. The summed E-state index contributed by atoms with van der Waals surface area (Å²) in [7, 11) is 4.06. The zero-order chi connectivity index (χ0) is 16.9. The van der Waals surface area contributed by atoms with Crippen molar-refractivity contribution in [2.75, 3.05) is 5.88 Å². The molecule has 0 amide bonds. The summed E-state index contributed by atoms with van der Waals surface area (Å²) in [5.41, 5.74) is 4.79. The van der Waals surface area contributed by atoms with E-state index in [1.807, 2.05) is 36.1 Å². The first kappa shape index (κ1) is 19.5. The van der Waals surface area contributed by atoms with Gasteiger partial charge < -0.3 is 21.5 Å². The summed E-state index contributed by atoms with van der Waals surface area (Å²) >= 11 is 5.69. The number of fused-ring (bicyclic) bond motifs is 2. The van der Waals surface area contributed by atoms with Gasteiger partial charge in [-0.3, -0.25) is 0 Å². The minimum atomic E-state index is 0. The number of hydrogen-bond donors (Lipinski definition) is 0. The topological polar surface area (TPSA) is 26.6 Å². The predicted octanol–water partition coefficient (Wildman–Crippen LogP) is 0.672. The van der Waals surface area contributed by atoms with Crippen LogP contribution >= 0.6 is 11.6 Å². The lowest BCUT2D eigenvalue weighted by Gasteiger charge is -1.93. The largest absolute Gasteiger partial charge is 1.00 e. The van der Waals surface area contributed by atoms with Crippen molar-refractivity contribution >= 4 is 33.7 Å². The molecule has 0 aliphatic heterocycles. The first-order chi connectivity index (χ1) is 11.7. The van der Waals surface area contributed by atoms with Crippen molar-refractivity contribution in [2.45, 2.75) is 13.0 Å². The van der Waals surface area contributed by atoms with E-state index < -0.39 is 0 Å². The molecular formula is C19H22BrClN4. The molecule has 132 valence electrons. The SMILES string of the molecule is Cn1c[n+](CCCCl)c2ccccc21.Cn1cnc2ccccc21.[Br-]. The molecule has 0 N–H and O–H groups in total. The standard InChI is InChI=1S/C11H14ClN2.C8H8N2.BrH/c1-13-9-14(8-4-7-12)11-6-3-2-5-10(11)13;1-10-6-9-7-4-2-3-5-8(7)10;/h2-3,5-6,9H,4,7-8H2,1H3;2-6H,1H3;1H/q+1;;/p-1. The second-order valence-corrected chi connectivity index (χ2v) is 6.17. The zero-order valence-corrected chi connectivity index (χ0v) is 16.8. The minimum Gasteiger partial charge on any atom is -1.00 e. The molecule has 2 heterocycles. The molecule has 0 fully saturated rings. The normalized spacial score (nSPS) is 10.4. The van der Waals surface area contributed by atoms with Crippen LogP contribution in [0.1, 0.15) is 6.42 Å². The number of aryl methyl sites for hydroxylation is 3. The number of nitrogens with zero attached hydrogens (tertiary/aromatic N) is 4. The molecule has 6 heteroatoms. The molecule has 0 bridgehead atoms. The second-order valence-electron chi connectivity index (χ2n) is 5.80. The summed E-state index contributed by atoms with van der Waals surface area (Å²) in [5, 5.41) is 0. The van der Waals surface area contributed by atoms with Crippen molar-refractivity contribution in [3.05, 3.63) is 61.2 Å². The van der Waals surface area contributed by atoms with Gasteiger partial charge in [-0.2, -0.15) is 0 Å². The fourth-order valence-corrected chi connectivity index (χ4v) is 2.95.